The monoisotopic (exact) mass is 268 g/mol. The molecule has 0 spiro atoms. The number of β-amino-alcohol motifs (C(OH)–C–C–N with tert-alkyl or cyclic N) is 1. The fourth-order valence-electron chi connectivity index (χ4n) is 3.58. The summed E-state index contributed by atoms with van der Waals surface area (Å²) in [6.07, 6.45) is 7.66. The highest BCUT2D eigenvalue weighted by Gasteiger charge is 2.26. The average Bonchev–Trinajstić information content (AvgIpc) is 2.48. The lowest BCUT2D eigenvalue weighted by Gasteiger charge is -2.39. The highest BCUT2D eigenvalue weighted by molar-refractivity contribution is 4.80. The molecule has 19 heavy (non-hydrogen) atoms. The third kappa shape index (κ3) is 4.44. The van der Waals surface area contributed by atoms with Gasteiger partial charge in [-0.15, -0.1) is 0 Å². The van der Waals surface area contributed by atoms with E-state index < -0.39 is 0 Å². The first kappa shape index (κ1) is 15.3. The zero-order valence-corrected chi connectivity index (χ0v) is 12.9. The third-order valence-electron chi connectivity index (χ3n) is 5.26. The van der Waals surface area contributed by atoms with Crippen LogP contribution >= 0.6 is 0 Å². The molecule has 1 aliphatic carbocycles. The van der Waals surface area contributed by atoms with E-state index in [1.165, 1.54) is 51.6 Å². The van der Waals surface area contributed by atoms with Gasteiger partial charge in [-0.25, -0.2) is 0 Å². The molecular weight excluding hydrogens is 236 g/mol. The third-order valence-corrected chi connectivity index (χ3v) is 5.26. The van der Waals surface area contributed by atoms with Gasteiger partial charge in [-0.05, 0) is 32.1 Å². The van der Waals surface area contributed by atoms with Gasteiger partial charge < -0.3 is 5.11 Å². The molecule has 1 heterocycles. The van der Waals surface area contributed by atoms with Crippen molar-refractivity contribution in [1.29, 1.82) is 0 Å². The molecule has 0 aromatic heterocycles. The van der Waals surface area contributed by atoms with Gasteiger partial charge in [-0.1, -0.05) is 26.2 Å². The molecule has 2 aliphatic rings. The lowest BCUT2D eigenvalue weighted by atomic mass is 9.85. The Bertz CT molecular complexity index is 245. The summed E-state index contributed by atoms with van der Waals surface area (Å²) < 4.78 is 0. The van der Waals surface area contributed by atoms with Gasteiger partial charge in [0.15, 0.2) is 0 Å². The minimum absolute atomic E-state index is 0.0875. The molecule has 1 saturated heterocycles. The van der Waals surface area contributed by atoms with Crippen LogP contribution in [0.2, 0.25) is 0 Å². The van der Waals surface area contributed by atoms with Gasteiger partial charge in [0.1, 0.15) is 0 Å². The van der Waals surface area contributed by atoms with Crippen molar-refractivity contribution in [2.24, 2.45) is 5.92 Å². The van der Waals surface area contributed by atoms with Crippen LogP contribution in [0.25, 0.3) is 0 Å². The predicted molar refractivity (Wildman–Crippen MR) is 80.3 cm³/mol. The molecule has 0 amide bonds. The van der Waals surface area contributed by atoms with E-state index in [9.17, 15) is 5.11 Å². The maximum absolute atomic E-state index is 10.4. The Hall–Kier alpha value is -0.120. The summed E-state index contributed by atoms with van der Waals surface area (Å²) >= 11 is 0. The highest BCUT2D eigenvalue weighted by atomic mass is 16.3. The Labute approximate surface area is 119 Å². The van der Waals surface area contributed by atoms with Gasteiger partial charge in [0, 0.05) is 38.8 Å². The lowest BCUT2D eigenvalue weighted by molar-refractivity contribution is 0.0232. The Balaban J connectivity index is 1.69. The number of piperazine rings is 1. The van der Waals surface area contributed by atoms with E-state index in [0.717, 1.165) is 19.6 Å². The summed E-state index contributed by atoms with van der Waals surface area (Å²) in [4.78, 5) is 5.06. The van der Waals surface area contributed by atoms with Gasteiger partial charge in [-0.2, -0.15) is 0 Å². The van der Waals surface area contributed by atoms with Crippen molar-refractivity contribution >= 4 is 0 Å². The zero-order chi connectivity index (χ0) is 13.7. The normalized spacial score (nSPS) is 27.3. The Morgan fingerprint density at radius 1 is 1.05 bits per heavy atom. The molecule has 1 saturated carbocycles. The lowest BCUT2D eigenvalue weighted by Crippen LogP contribution is -2.51. The Morgan fingerprint density at radius 2 is 1.68 bits per heavy atom. The molecule has 1 N–H and O–H groups in total. The second-order valence-electron chi connectivity index (χ2n) is 6.56. The number of aliphatic hydroxyl groups is 1. The van der Waals surface area contributed by atoms with Gasteiger partial charge in [0.2, 0.25) is 0 Å². The van der Waals surface area contributed by atoms with Crippen molar-refractivity contribution in [3.8, 4) is 0 Å². The van der Waals surface area contributed by atoms with Crippen molar-refractivity contribution in [3.05, 3.63) is 0 Å². The summed E-state index contributed by atoms with van der Waals surface area (Å²) in [7, 11) is 0. The molecule has 1 aliphatic heterocycles. The fraction of sp³-hybridized carbons (Fsp3) is 1.00. The van der Waals surface area contributed by atoms with E-state index in [-0.39, 0.29) is 6.10 Å². The van der Waals surface area contributed by atoms with Crippen LogP contribution < -0.4 is 0 Å². The van der Waals surface area contributed by atoms with E-state index in [0.29, 0.717) is 12.0 Å². The smallest absolute Gasteiger partial charge is 0.0695 e. The average molecular weight is 268 g/mol. The van der Waals surface area contributed by atoms with Crippen LogP contribution in [-0.2, 0) is 0 Å². The van der Waals surface area contributed by atoms with Gasteiger partial charge in [0.25, 0.3) is 0 Å². The van der Waals surface area contributed by atoms with Crippen LogP contribution in [-0.4, -0.2) is 59.8 Å². The molecule has 2 atom stereocenters. The predicted octanol–water partition coefficient (Wildman–Crippen LogP) is 2.34. The van der Waals surface area contributed by atoms with Crippen molar-refractivity contribution < 1.29 is 5.11 Å². The second-order valence-corrected chi connectivity index (χ2v) is 6.56. The van der Waals surface area contributed by atoms with E-state index in [1.54, 1.807) is 0 Å². The molecule has 0 radical (unpaired) electrons. The van der Waals surface area contributed by atoms with Crippen LogP contribution in [0.4, 0.5) is 0 Å². The maximum atomic E-state index is 10.4. The van der Waals surface area contributed by atoms with Crippen LogP contribution in [0, 0.1) is 5.92 Å². The standard InChI is InChI=1S/C16H32N2O/c1-3-14(2)18-11-9-17(10-12-18)13-16(19)15-7-5-4-6-8-15/h14-16,19H,3-13H2,1-2H3. The second kappa shape index (κ2) is 7.61. The molecular formula is C16H32N2O. The van der Waals surface area contributed by atoms with Crippen molar-refractivity contribution in [3.63, 3.8) is 0 Å². The molecule has 3 nitrogen and oxygen atoms in total. The minimum Gasteiger partial charge on any atom is -0.392 e. The summed E-state index contributed by atoms with van der Waals surface area (Å²) in [6.45, 7) is 10.1. The SMILES string of the molecule is CCC(C)N1CCN(CC(O)C2CCCCC2)CC1. The van der Waals surface area contributed by atoms with E-state index in [2.05, 4.69) is 23.6 Å². The summed E-state index contributed by atoms with van der Waals surface area (Å²) in [6, 6.07) is 0.713. The quantitative estimate of drug-likeness (QED) is 0.829. The summed E-state index contributed by atoms with van der Waals surface area (Å²) in [5.74, 6) is 0.571. The number of rotatable bonds is 5. The highest BCUT2D eigenvalue weighted by Crippen LogP contribution is 2.27. The molecule has 2 fully saturated rings. The first-order valence-electron chi connectivity index (χ1n) is 8.35. The topological polar surface area (TPSA) is 26.7 Å². The van der Waals surface area contributed by atoms with E-state index in [4.69, 9.17) is 0 Å². The number of nitrogens with zero attached hydrogens (tertiary/aromatic N) is 2. The first-order chi connectivity index (χ1) is 9.20. The van der Waals surface area contributed by atoms with Crippen molar-refractivity contribution in [2.45, 2.75) is 64.5 Å². The van der Waals surface area contributed by atoms with E-state index in [1.807, 2.05) is 0 Å². The van der Waals surface area contributed by atoms with Crippen LogP contribution in [0.15, 0.2) is 0 Å². The Kier molecular flexibility index (Phi) is 6.11. The first-order valence-corrected chi connectivity index (χ1v) is 8.35. The van der Waals surface area contributed by atoms with Gasteiger partial charge in [-0.3, -0.25) is 9.80 Å². The van der Waals surface area contributed by atoms with Crippen molar-refractivity contribution in [2.75, 3.05) is 32.7 Å². The maximum Gasteiger partial charge on any atom is 0.0695 e. The molecule has 3 heteroatoms. The molecule has 0 bridgehead atoms. The van der Waals surface area contributed by atoms with Gasteiger partial charge >= 0.3 is 0 Å². The zero-order valence-electron chi connectivity index (χ0n) is 12.9. The minimum atomic E-state index is -0.0875. The summed E-state index contributed by atoms with van der Waals surface area (Å²) in [5, 5.41) is 10.4. The number of aliphatic hydroxyl groups excluding tert-OH is 1. The molecule has 2 rings (SSSR count). The fourth-order valence-corrected chi connectivity index (χ4v) is 3.58. The number of hydrogen-bond donors (Lipinski definition) is 1. The molecule has 0 aromatic carbocycles. The molecule has 0 aromatic rings. The van der Waals surface area contributed by atoms with Crippen LogP contribution in [0.1, 0.15) is 52.4 Å². The van der Waals surface area contributed by atoms with Crippen LogP contribution in [0.5, 0.6) is 0 Å². The van der Waals surface area contributed by atoms with Crippen LogP contribution in [0.3, 0.4) is 0 Å². The summed E-state index contributed by atoms with van der Waals surface area (Å²) in [5.41, 5.74) is 0. The van der Waals surface area contributed by atoms with Crippen molar-refractivity contribution in [1.82, 2.24) is 9.80 Å². The molecule has 112 valence electrons. The molecule has 2 unspecified atom stereocenters. The van der Waals surface area contributed by atoms with E-state index >= 15 is 0 Å². The largest absolute Gasteiger partial charge is 0.392 e. The van der Waals surface area contributed by atoms with Gasteiger partial charge in [0.05, 0.1) is 6.10 Å². The Morgan fingerprint density at radius 3 is 2.26 bits per heavy atom. The number of hydrogen-bond acceptors (Lipinski definition) is 3.